The maximum absolute atomic E-state index is 5.70. The molecule has 2 aromatic rings. The van der Waals surface area contributed by atoms with E-state index in [1.165, 1.54) is 0 Å². The lowest BCUT2D eigenvalue weighted by Crippen LogP contribution is -2.37. The van der Waals surface area contributed by atoms with Crippen LogP contribution in [-0.4, -0.2) is 32.8 Å². The molecule has 2 N–H and O–H groups in total. The highest BCUT2D eigenvalue weighted by Crippen LogP contribution is 2.13. The van der Waals surface area contributed by atoms with Crippen LogP contribution in [0.15, 0.2) is 59.6 Å². The van der Waals surface area contributed by atoms with Gasteiger partial charge in [0.15, 0.2) is 5.96 Å². The molecule has 0 heterocycles. The monoisotopic (exact) mass is 483 g/mol. The highest BCUT2D eigenvalue weighted by molar-refractivity contribution is 14.0. The zero-order valence-electron chi connectivity index (χ0n) is 16.1. The van der Waals surface area contributed by atoms with Crippen molar-refractivity contribution < 1.29 is 9.47 Å². The number of methoxy groups -OCH3 is 1. The Morgan fingerprint density at radius 3 is 2.48 bits per heavy atom. The van der Waals surface area contributed by atoms with Gasteiger partial charge in [0.2, 0.25) is 0 Å². The Labute approximate surface area is 179 Å². The van der Waals surface area contributed by atoms with E-state index >= 15 is 0 Å². The first-order chi connectivity index (χ1) is 12.8. The molecule has 5 nitrogen and oxygen atoms in total. The molecule has 0 spiro atoms. The third-order valence-corrected chi connectivity index (χ3v) is 3.77. The van der Waals surface area contributed by atoms with Crippen molar-refractivity contribution in [2.24, 2.45) is 4.99 Å². The normalized spacial score (nSPS) is 10.7. The number of nitrogens with one attached hydrogen (secondary N) is 2. The molecule has 0 aliphatic carbocycles. The van der Waals surface area contributed by atoms with Crippen molar-refractivity contribution in [1.29, 1.82) is 0 Å². The number of para-hydroxylation sites is 1. The minimum atomic E-state index is 0. The first-order valence-electron chi connectivity index (χ1n) is 9.14. The van der Waals surface area contributed by atoms with Crippen LogP contribution in [-0.2, 0) is 6.54 Å². The zero-order chi connectivity index (χ0) is 18.5. The van der Waals surface area contributed by atoms with Crippen molar-refractivity contribution in [3.63, 3.8) is 0 Å². The van der Waals surface area contributed by atoms with Crippen LogP contribution >= 0.6 is 24.0 Å². The molecule has 2 rings (SSSR count). The number of guanidine groups is 1. The summed E-state index contributed by atoms with van der Waals surface area (Å²) in [6, 6.07) is 17.9. The maximum Gasteiger partial charge on any atom is 0.191 e. The van der Waals surface area contributed by atoms with Crippen molar-refractivity contribution >= 4 is 29.9 Å². The summed E-state index contributed by atoms with van der Waals surface area (Å²) in [5.74, 6) is 2.61. The predicted molar refractivity (Wildman–Crippen MR) is 122 cm³/mol. The SMILES string of the molecule is CCNC(=NCc1cccc(OC)c1)NCCCCOc1ccccc1.I. The van der Waals surface area contributed by atoms with Gasteiger partial charge < -0.3 is 20.1 Å². The Kier molecular flexibility index (Phi) is 12.1. The van der Waals surface area contributed by atoms with E-state index in [0.717, 1.165) is 55.6 Å². The highest BCUT2D eigenvalue weighted by atomic mass is 127. The van der Waals surface area contributed by atoms with Crippen molar-refractivity contribution in [3.05, 3.63) is 60.2 Å². The number of unbranched alkanes of at least 4 members (excludes halogenated alkanes) is 1. The molecule has 0 aliphatic rings. The molecule has 0 amide bonds. The smallest absolute Gasteiger partial charge is 0.191 e. The summed E-state index contributed by atoms with van der Waals surface area (Å²) in [5, 5.41) is 6.64. The summed E-state index contributed by atoms with van der Waals surface area (Å²) in [5.41, 5.74) is 1.12. The van der Waals surface area contributed by atoms with Gasteiger partial charge in [0.05, 0.1) is 20.3 Å². The van der Waals surface area contributed by atoms with Crippen LogP contribution in [0.4, 0.5) is 0 Å². The molecule has 0 unspecified atom stereocenters. The lowest BCUT2D eigenvalue weighted by molar-refractivity contribution is 0.307. The molecular weight excluding hydrogens is 453 g/mol. The van der Waals surface area contributed by atoms with E-state index in [4.69, 9.17) is 9.47 Å². The van der Waals surface area contributed by atoms with Crippen LogP contribution in [0.3, 0.4) is 0 Å². The van der Waals surface area contributed by atoms with Crippen LogP contribution in [0.2, 0.25) is 0 Å². The molecule has 0 aliphatic heterocycles. The topological polar surface area (TPSA) is 54.9 Å². The third-order valence-electron chi connectivity index (χ3n) is 3.77. The summed E-state index contributed by atoms with van der Waals surface area (Å²) in [6.07, 6.45) is 2.02. The van der Waals surface area contributed by atoms with Crippen LogP contribution in [0.1, 0.15) is 25.3 Å². The largest absolute Gasteiger partial charge is 0.497 e. The van der Waals surface area contributed by atoms with E-state index in [9.17, 15) is 0 Å². The summed E-state index contributed by atoms with van der Waals surface area (Å²) in [7, 11) is 1.68. The molecule has 0 radical (unpaired) electrons. The molecule has 0 aromatic heterocycles. The van der Waals surface area contributed by atoms with Gasteiger partial charge in [0.1, 0.15) is 11.5 Å². The first kappa shape index (κ1) is 23.1. The standard InChI is InChI=1S/C21H29N3O2.HI/c1-3-22-21(24-17-18-10-9-13-20(16-18)25-2)23-14-7-8-15-26-19-11-5-4-6-12-19;/h4-6,9-13,16H,3,7-8,14-15,17H2,1-2H3,(H2,22,23,24);1H. The minimum absolute atomic E-state index is 0. The average molecular weight is 483 g/mol. The van der Waals surface area contributed by atoms with Crippen molar-refractivity contribution in [3.8, 4) is 11.5 Å². The molecule has 148 valence electrons. The van der Waals surface area contributed by atoms with Crippen LogP contribution in [0, 0.1) is 0 Å². The van der Waals surface area contributed by atoms with E-state index < -0.39 is 0 Å². The van der Waals surface area contributed by atoms with Gasteiger partial charge in [-0.1, -0.05) is 30.3 Å². The number of ether oxygens (including phenoxy) is 2. The summed E-state index contributed by atoms with van der Waals surface area (Å²) < 4.78 is 11.0. The number of benzene rings is 2. The second-order valence-electron chi connectivity index (χ2n) is 5.84. The van der Waals surface area contributed by atoms with Gasteiger partial charge in [0.25, 0.3) is 0 Å². The van der Waals surface area contributed by atoms with Gasteiger partial charge in [-0.05, 0) is 49.6 Å². The fourth-order valence-corrected chi connectivity index (χ4v) is 2.42. The van der Waals surface area contributed by atoms with Gasteiger partial charge in [0, 0.05) is 13.1 Å². The summed E-state index contributed by atoms with van der Waals surface area (Å²) in [4.78, 5) is 4.63. The second-order valence-corrected chi connectivity index (χ2v) is 5.84. The second kappa shape index (κ2) is 14.1. The molecule has 0 saturated carbocycles. The van der Waals surface area contributed by atoms with Gasteiger partial charge in [-0.2, -0.15) is 0 Å². The number of rotatable bonds is 10. The lowest BCUT2D eigenvalue weighted by Gasteiger charge is -2.12. The Hall–Kier alpha value is -1.96. The zero-order valence-corrected chi connectivity index (χ0v) is 18.4. The molecule has 27 heavy (non-hydrogen) atoms. The number of hydrogen-bond donors (Lipinski definition) is 2. The Bertz CT molecular complexity index is 665. The molecule has 6 heteroatoms. The summed E-state index contributed by atoms with van der Waals surface area (Å²) >= 11 is 0. The van der Waals surface area contributed by atoms with E-state index in [1.807, 2.05) is 48.5 Å². The quantitative estimate of drug-likeness (QED) is 0.230. The van der Waals surface area contributed by atoms with E-state index in [0.29, 0.717) is 6.54 Å². The van der Waals surface area contributed by atoms with E-state index in [2.05, 4.69) is 28.6 Å². The minimum Gasteiger partial charge on any atom is -0.497 e. The Morgan fingerprint density at radius 1 is 0.963 bits per heavy atom. The Balaban J connectivity index is 0.00000364. The molecule has 0 atom stereocenters. The molecule has 0 bridgehead atoms. The number of halogens is 1. The first-order valence-corrected chi connectivity index (χ1v) is 9.14. The maximum atomic E-state index is 5.70. The van der Waals surface area contributed by atoms with E-state index in [-0.39, 0.29) is 24.0 Å². The predicted octanol–water partition coefficient (Wildman–Crippen LogP) is 4.23. The third kappa shape index (κ3) is 9.51. The number of aliphatic imine (C=N–C) groups is 1. The van der Waals surface area contributed by atoms with Crippen molar-refractivity contribution in [2.45, 2.75) is 26.3 Å². The van der Waals surface area contributed by atoms with Crippen LogP contribution < -0.4 is 20.1 Å². The van der Waals surface area contributed by atoms with Gasteiger partial charge in [-0.15, -0.1) is 24.0 Å². The molecule has 2 aromatic carbocycles. The van der Waals surface area contributed by atoms with E-state index in [1.54, 1.807) is 7.11 Å². The fraction of sp³-hybridized carbons (Fsp3) is 0.381. The van der Waals surface area contributed by atoms with Gasteiger partial charge in [-0.25, -0.2) is 4.99 Å². The fourth-order valence-electron chi connectivity index (χ4n) is 2.42. The molecule has 0 fully saturated rings. The van der Waals surface area contributed by atoms with Crippen molar-refractivity contribution in [1.82, 2.24) is 10.6 Å². The molecule has 0 saturated heterocycles. The lowest BCUT2D eigenvalue weighted by atomic mass is 10.2. The number of hydrogen-bond acceptors (Lipinski definition) is 3. The van der Waals surface area contributed by atoms with Crippen LogP contribution in [0.5, 0.6) is 11.5 Å². The van der Waals surface area contributed by atoms with Gasteiger partial charge in [-0.3, -0.25) is 0 Å². The number of nitrogens with zero attached hydrogens (tertiary/aromatic N) is 1. The Morgan fingerprint density at radius 2 is 1.74 bits per heavy atom. The van der Waals surface area contributed by atoms with Crippen molar-refractivity contribution in [2.75, 3.05) is 26.8 Å². The van der Waals surface area contributed by atoms with Crippen LogP contribution in [0.25, 0.3) is 0 Å². The molecular formula is C21H30IN3O2. The highest BCUT2D eigenvalue weighted by Gasteiger charge is 1.99. The van der Waals surface area contributed by atoms with Gasteiger partial charge >= 0.3 is 0 Å². The summed E-state index contributed by atoms with van der Waals surface area (Å²) in [6.45, 7) is 5.10. The average Bonchev–Trinajstić information content (AvgIpc) is 2.69.